The molecule has 2 aliphatic rings. The van der Waals surface area contributed by atoms with Crippen LogP contribution in [0, 0.1) is 6.92 Å². The summed E-state index contributed by atoms with van der Waals surface area (Å²) in [5.74, 6) is 0.391. The minimum atomic E-state index is -0.379. The molecule has 26 heavy (non-hydrogen) atoms. The van der Waals surface area contributed by atoms with Gasteiger partial charge in [-0.1, -0.05) is 17.7 Å². The van der Waals surface area contributed by atoms with Crippen molar-refractivity contribution in [1.29, 1.82) is 0 Å². The van der Waals surface area contributed by atoms with E-state index in [9.17, 15) is 15.0 Å². The summed E-state index contributed by atoms with van der Waals surface area (Å²) in [7, 11) is 0. The average Bonchev–Trinajstić information content (AvgIpc) is 2.62. The number of benzene rings is 2. The molecule has 0 aromatic heterocycles. The predicted octanol–water partition coefficient (Wildman–Crippen LogP) is 3.49. The number of phenolic OH excluding ortho intramolecular Hbond substituents is 2. The molecule has 1 saturated heterocycles. The summed E-state index contributed by atoms with van der Waals surface area (Å²) in [6.45, 7) is 3.15. The number of piperidine rings is 1. The van der Waals surface area contributed by atoms with Gasteiger partial charge in [0.15, 0.2) is 0 Å². The number of hydrogen-bond acceptors (Lipinski definition) is 4. The zero-order valence-electron chi connectivity index (χ0n) is 14.6. The molecule has 1 fully saturated rings. The highest BCUT2D eigenvalue weighted by molar-refractivity contribution is 5.97. The van der Waals surface area contributed by atoms with Crippen LogP contribution in [0.4, 0.5) is 0 Å². The second-order valence-electron chi connectivity index (χ2n) is 7.04. The van der Waals surface area contributed by atoms with E-state index in [1.165, 1.54) is 23.8 Å². The molecule has 0 bridgehead atoms. The van der Waals surface area contributed by atoms with Crippen LogP contribution < -0.4 is 4.74 Å². The van der Waals surface area contributed by atoms with Crippen LogP contribution in [0.5, 0.6) is 17.2 Å². The molecule has 1 amide bonds. The molecule has 2 aromatic carbocycles. The highest BCUT2D eigenvalue weighted by atomic mass is 16.5. The van der Waals surface area contributed by atoms with Gasteiger partial charge in [-0.15, -0.1) is 0 Å². The van der Waals surface area contributed by atoms with Gasteiger partial charge >= 0.3 is 0 Å². The first-order valence-electron chi connectivity index (χ1n) is 8.76. The molecule has 2 aliphatic heterocycles. The topological polar surface area (TPSA) is 70.0 Å². The first kappa shape index (κ1) is 16.5. The maximum atomic E-state index is 12.7. The first-order chi connectivity index (χ1) is 12.5. The summed E-state index contributed by atoms with van der Waals surface area (Å²) in [5, 5.41) is 19.3. The number of carbonyl (C=O) groups is 1. The van der Waals surface area contributed by atoms with Crippen LogP contribution in [-0.4, -0.2) is 39.7 Å². The zero-order chi connectivity index (χ0) is 18.3. The molecule has 0 atom stereocenters. The summed E-state index contributed by atoms with van der Waals surface area (Å²) in [6.07, 6.45) is 5.60. The van der Waals surface area contributed by atoms with E-state index in [1.54, 1.807) is 4.90 Å². The van der Waals surface area contributed by atoms with Crippen molar-refractivity contribution in [2.75, 3.05) is 13.1 Å². The number of ether oxygens (including phenoxy) is 1. The zero-order valence-corrected chi connectivity index (χ0v) is 14.6. The van der Waals surface area contributed by atoms with E-state index in [2.05, 4.69) is 25.1 Å². The highest BCUT2D eigenvalue weighted by Gasteiger charge is 2.38. The SMILES string of the molecule is Cc1ccc2c(c1)C=CC1(CCN(C(=O)c3ccc(O)cc3O)CC1)O2. The lowest BCUT2D eigenvalue weighted by atomic mass is 9.87. The van der Waals surface area contributed by atoms with E-state index in [0.29, 0.717) is 25.9 Å². The van der Waals surface area contributed by atoms with Gasteiger partial charge in [0.1, 0.15) is 22.8 Å². The number of rotatable bonds is 1. The number of hydrogen-bond donors (Lipinski definition) is 2. The molecular formula is C21H21NO4. The highest BCUT2D eigenvalue weighted by Crippen LogP contribution is 2.38. The average molecular weight is 351 g/mol. The number of likely N-dealkylation sites (tertiary alicyclic amines) is 1. The van der Waals surface area contributed by atoms with Crippen molar-refractivity contribution in [3.05, 3.63) is 59.2 Å². The molecule has 2 N–H and O–H groups in total. The maximum Gasteiger partial charge on any atom is 0.257 e. The number of aromatic hydroxyl groups is 2. The van der Waals surface area contributed by atoms with Crippen molar-refractivity contribution in [1.82, 2.24) is 4.90 Å². The lowest BCUT2D eigenvalue weighted by Gasteiger charge is -2.42. The molecule has 0 aliphatic carbocycles. The van der Waals surface area contributed by atoms with Gasteiger partial charge in [0.05, 0.1) is 5.56 Å². The van der Waals surface area contributed by atoms with E-state index in [4.69, 9.17) is 4.74 Å². The molecule has 2 heterocycles. The van der Waals surface area contributed by atoms with E-state index < -0.39 is 0 Å². The van der Waals surface area contributed by atoms with Crippen molar-refractivity contribution < 1.29 is 19.7 Å². The predicted molar refractivity (Wildman–Crippen MR) is 98.5 cm³/mol. The Hall–Kier alpha value is -2.95. The number of nitrogens with zero attached hydrogens (tertiary/aromatic N) is 1. The fourth-order valence-electron chi connectivity index (χ4n) is 3.61. The Labute approximate surface area is 152 Å². The first-order valence-corrected chi connectivity index (χ1v) is 8.76. The molecule has 2 aromatic rings. The Morgan fingerprint density at radius 2 is 1.88 bits per heavy atom. The third kappa shape index (κ3) is 2.90. The second kappa shape index (κ2) is 6.09. The quantitative estimate of drug-likeness (QED) is 0.825. The van der Waals surface area contributed by atoms with E-state index in [-0.39, 0.29) is 28.6 Å². The Bertz CT molecular complexity index is 895. The van der Waals surface area contributed by atoms with Crippen LogP contribution in [0.25, 0.3) is 6.08 Å². The Kier molecular flexibility index (Phi) is 3.87. The van der Waals surface area contributed by atoms with Crippen molar-refractivity contribution in [2.45, 2.75) is 25.4 Å². The molecular weight excluding hydrogens is 330 g/mol. The number of fused-ring (bicyclic) bond motifs is 1. The van der Waals surface area contributed by atoms with Gasteiger partial charge in [-0.2, -0.15) is 0 Å². The van der Waals surface area contributed by atoms with Crippen LogP contribution in [0.1, 0.15) is 34.3 Å². The van der Waals surface area contributed by atoms with Gasteiger partial charge in [-0.3, -0.25) is 4.79 Å². The summed E-state index contributed by atoms with van der Waals surface area (Å²) < 4.78 is 6.28. The molecule has 0 radical (unpaired) electrons. The fourth-order valence-corrected chi connectivity index (χ4v) is 3.61. The minimum absolute atomic E-state index is 0.0636. The monoisotopic (exact) mass is 351 g/mol. The lowest BCUT2D eigenvalue weighted by Crippen LogP contribution is -2.49. The van der Waals surface area contributed by atoms with Gasteiger partial charge in [0, 0.05) is 37.6 Å². The molecule has 0 saturated carbocycles. The molecule has 134 valence electrons. The van der Waals surface area contributed by atoms with Gasteiger partial charge in [0.25, 0.3) is 5.91 Å². The van der Waals surface area contributed by atoms with Crippen LogP contribution >= 0.6 is 0 Å². The van der Waals surface area contributed by atoms with Gasteiger partial charge in [0.2, 0.25) is 0 Å². The van der Waals surface area contributed by atoms with E-state index >= 15 is 0 Å². The Morgan fingerprint density at radius 1 is 1.12 bits per heavy atom. The van der Waals surface area contributed by atoms with Gasteiger partial charge in [-0.25, -0.2) is 0 Å². The van der Waals surface area contributed by atoms with E-state index in [0.717, 1.165) is 11.3 Å². The number of aryl methyl sites for hydroxylation is 1. The minimum Gasteiger partial charge on any atom is -0.508 e. The van der Waals surface area contributed by atoms with Gasteiger partial charge < -0.3 is 19.8 Å². The molecule has 4 rings (SSSR count). The number of carbonyl (C=O) groups excluding carboxylic acids is 1. The van der Waals surface area contributed by atoms with Gasteiger partial charge in [-0.05, 0) is 37.3 Å². The maximum absolute atomic E-state index is 12.7. The lowest BCUT2D eigenvalue weighted by molar-refractivity contribution is 0.0328. The number of phenols is 2. The Morgan fingerprint density at radius 3 is 2.62 bits per heavy atom. The number of amides is 1. The smallest absolute Gasteiger partial charge is 0.257 e. The van der Waals surface area contributed by atoms with E-state index in [1.807, 2.05) is 12.1 Å². The molecule has 5 nitrogen and oxygen atoms in total. The Balaban J connectivity index is 1.48. The van der Waals surface area contributed by atoms with Crippen LogP contribution in [0.2, 0.25) is 0 Å². The summed E-state index contributed by atoms with van der Waals surface area (Å²) in [4.78, 5) is 14.4. The van der Waals surface area contributed by atoms with Crippen LogP contribution in [-0.2, 0) is 0 Å². The molecule has 0 unspecified atom stereocenters. The largest absolute Gasteiger partial charge is 0.508 e. The molecule has 1 spiro atoms. The summed E-state index contributed by atoms with van der Waals surface area (Å²) >= 11 is 0. The van der Waals surface area contributed by atoms with Crippen molar-refractivity contribution >= 4 is 12.0 Å². The summed E-state index contributed by atoms with van der Waals surface area (Å²) in [5.41, 5.74) is 2.11. The normalized spacial score (nSPS) is 17.7. The van der Waals surface area contributed by atoms with Crippen molar-refractivity contribution in [3.63, 3.8) is 0 Å². The third-order valence-electron chi connectivity index (χ3n) is 5.15. The van der Waals surface area contributed by atoms with Crippen LogP contribution in [0.3, 0.4) is 0 Å². The van der Waals surface area contributed by atoms with Crippen molar-refractivity contribution in [3.8, 4) is 17.2 Å². The fraction of sp³-hybridized carbons (Fsp3) is 0.286. The molecule has 5 heteroatoms. The van der Waals surface area contributed by atoms with Crippen LogP contribution in [0.15, 0.2) is 42.5 Å². The second-order valence-corrected chi connectivity index (χ2v) is 7.04. The van der Waals surface area contributed by atoms with Crippen molar-refractivity contribution in [2.24, 2.45) is 0 Å². The standard InChI is InChI=1S/C21H21NO4/c1-14-2-5-19-15(12-14)6-7-21(26-19)8-10-22(11-9-21)20(25)17-4-3-16(23)13-18(17)24/h2-7,12-13,23-24H,8-11H2,1H3. The third-order valence-corrected chi connectivity index (χ3v) is 5.15. The summed E-state index contributed by atoms with van der Waals surface area (Å²) in [6, 6.07) is 10.2.